The molecule has 4 N–H and O–H groups in total. The van der Waals surface area contributed by atoms with Crippen molar-refractivity contribution in [3.8, 4) is 5.75 Å². The van der Waals surface area contributed by atoms with Crippen LogP contribution in [-0.2, 0) is 6.54 Å². The van der Waals surface area contributed by atoms with Gasteiger partial charge in [-0.15, -0.1) is 0 Å². The number of para-hydroxylation sites is 1. The third kappa shape index (κ3) is 3.36. The molecule has 2 aromatic rings. The number of aromatic hydroxyl groups is 1. The van der Waals surface area contributed by atoms with E-state index in [-0.39, 0.29) is 11.8 Å². The minimum atomic E-state index is -0.430. The van der Waals surface area contributed by atoms with Gasteiger partial charge in [0.1, 0.15) is 5.75 Å². The van der Waals surface area contributed by atoms with Crippen LogP contribution in [0.2, 0.25) is 0 Å². The third-order valence-electron chi connectivity index (χ3n) is 3.23. The maximum atomic E-state index is 11.1. The quantitative estimate of drug-likeness (QED) is 0.780. The maximum Gasteiger partial charge on any atom is 0.248 e. The molecule has 1 unspecified atom stereocenters. The van der Waals surface area contributed by atoms with Crippen LogP contribution in [0.1, 0.15) is 34.5 Å². The van der Waals surface area contributed by atoms with Gasteiger partial charge in [0.15, 0.2) is 0 Å². The molecule has 0 aromatic heterocycles. The molecule has 0 radical (unpaired) electrons. The van der Waals surface area contributed by atoms with Crippen LogP contribution in [0.15, 0.2) is 48.5 Å². The molecule has 0 aliphatic carbocycles. The number of benzene rings is 2. The van der Waals surface area contributed by atoms with Crippen molar-refractivity contribution < 1.29 is 9.90 Å². The van der Waals surface area contributed by atoms with Crippen molar-refractivity contribution in [2.45, 2.75) is 19.5 Å². The zero-order chi connectivity index (χ0) is 14.5. The highest BCUT2D eigenvalue weighted by Crippen LogP contribution is 2.23. The summed E-state index contributed by atoms with van der Waals surface area (Å²) >= 11 is 0. The molecule has 0 heterocycles. The summed E-state index contributed by atoms with van der Waals surface area (Å²) in [6, 6.07) is 14.4. The largest absolute Gasteiger partial charge is 0.508 e. The summed E-state index contributed by atoms with van der Waals surface area (Å²) in [5.74, 6) is -0.154. The van der Waals surface area contributed by atoms with Gasteiger partial charge in [0.25, 0.3) is 0 Å². The average molecular weight is 270 g/mol. The van der Waals surface area contributed by atoms with Gasteiger partial charge < -0.3 is 16.2 Å². The zero-order valence-corrected chi connectivity index (χ0v) is 11.3. The predicted octanol–water partition coefficient (Wildman–Crippen LogP) is 2.34. The molecule has 0 saturated heterocycles. The van der Waals surface area contributed by atoms with E-state index in [1.54, 1.807) is 24.3 Å². The van der Waals surface area contributed by atoms with Gasteiger partial charge in [-0.05, 0) is 30.7 Å². The number of nitrogens with two attached hydrogens (primary N) is 1. The molecule has 1 amide bonds. The van der Waals surface area contributed by atoms with Crippen molar-refractivity contribution in [1.82, 2.24) is 5.32 Å². The molecule has 20 heavy (non-hydrogen) atoms. The molecule has 104 valence electrons. The first-order chi connectivity index (χ1) is 9.58. The highest BCUT2D eigenvalue weighted by Gasteiger charge is 2.09. The average Bonchev–Trinajstić information content (AvgIpc) is 2.45. The van der Waals surface area contributed by atoms with Crippen molar-refractivity contribution in [1.29, 1.82) is 0 Å². The van der Waals surface area contributed by atoms with E-state index in [0.717, 1.165) is 11.1 Å². The van der Waals surface area contributed by atoms with E-state index in [1.165, 1.54) is 0 Å². The Morgan fingerprint density at radius 3 is 2.70 bits per heavy atom. The number of nitrogens with one attached hydrogen (secondary N) is 1. The number of rotatable bonds is 5. The first kappa shape index (κ1) is 14.1. The second-order valence-electron chi connectivity index (χ2n) is 4.73. The van der Waals surface area contributed by atoms with Crippen LogP contribution in [0.4, 0.5) is 0 Å². The van der Waals surface area contributed by atoms with Crippen LogP contribution in [-0.4, -0.2) is 11.0 Å². The first-order valence-electron chi connectivity index (χ1n) is 6.48. The Morgan fingerprint density at radius 1 is 1.25 bits per heavy atom. The molecular formula is C16H18N2O2. The van der Waals surface area contributed by atoms with Gasteiger partial charge in [-0.3, -0.25) is 4.79 Å². The maximum absolute atomic E-state index is 11.1. The van der Waals surface area contributed by atoms with Crippen molar-refractivity contribution in [2.24, 2.45) is 5.73 Å². The SMILES string of the molecule is CC(NCc1cccc(C(N)=O)c1)c1ccccc1O. The summed E-state index contributed by atoms with van der Waals surface area (Å²) < 4.78 is 0. The standard InChI is InChI=1S/C16H18N2O2/c1-11(14-7-2-3-8-15(14)19)18-10-12-5-4-6-13(9-12)16(17)20/h2-9,11,18-19H,10H2,1H3,(H2,17,20). The van der Waals surface area contributed by atoms with E-state index in [0.29, 0.717) is 12.1 Å². The summed E-state index contributed by atoms with van der Waals surface area (Å²) in [5.41, 5.74) is 7.58. The second-order valence-corrected chi connectivity index (χ2v) is 4.73. The second kappa shape index (κ2) is 6.21. The van der Waals surface area contributed by atoms with E-state index in [1.807, 2.05) is 31.2 Å². The fourth-order valence-electron chi connectivity index (χ4n) is 2.07. The lowest BCUT2D eigenvalue weighted by atomic mass is 10.1. The van der Waals surface area contributed by atoms with E-state index >= 15 is 0 Å². The summed E-state index contributed by atoms with van der Waals surface area (Å²) in [4.78, 5) is 11.1. The molecule has 0 aliphatic heterocycles. The van der Waals surface area contributed by atoms with Crippen LogP contribution >= 0.6 is 0 Å². The molecular weight excluding hydrogens is 252 g/mol. The molecule has 0 saturated carbocycles. The fraction of sp³-hybridized carbons (Fsp3) is 0.188. The lowest BCUT2D eigenvalue weighted by molar-refractivity contribution is 0.1000. The molecule has 4 nitrogen and oxygen atoms in total. The fourth-order valence-corrected chi connectivity index (χ4v) is 2.07. The number of carbonyl (C=O) groups is 1. The summed E-state index contributed by atoms with van der Waals surface area (Å²) in [7, 11) is 0. The van der Waals surface area contributed by atoms with E-state index in [9.17, 15) is 9.90 Å². The highest BCUT2D eigenvalue weighted by molar-refractivity contribution is 5.92. The van der Waals surface area contributed by atoms with Gasteiger partial charge in [0.05, 0.1) is 0 Å². The van der Waals surface area contributed by atoms with E-state index in [2.05, 4.69) is 5.32 Å². The molecule has 4 heteroatoms. The van der Waals surface area contributed by atoms with Gasteiger partial charge in [0.2, 0.25) is 5.91 Å². The Labute approximate surface area is 118 Å². The number of hydrogen-bond donors (Lipinski definition) is 3. The van der Waals surface area contributed by atoms with Crippen LogP contribution in [0, 0.1) is 0 Å². The van der Waals surface area contributed by atoms with Gasteiger partial charge in [-0.25, -0.2) is 0 Å². The normalized spacial score (nSPS) is 12.1. The summed E-state index contributed by atoms with van der Waals surface area (Å²) in [6.45, 7) is 2.57. The van der Waals surface area contributed by atoms with E-state index < -0.39 is 5.91 Å². The first-order valence-corrected chi connectivity index (χ1v) is 6.48. The van der Waals surface area contributed by atoms with Crippen molar-refractivity contribution in [3.05, 3.63) is 65.2 Å². The molecule has 0 spiro atoms. The Kier molecular flexibility index (Phi) is 4.38. The molecule has 2 rings (SSSR count). The van der Waals surface area contributed by atoms with Crippen molar-refractivity contribution >= 4 is 5.91 Å². The lowest BCUT2D eigenvalue weighted by Gasteiger charge is -2.15. The van der Waals surface area contributed by atoms with Gasteiger partial charge in [0, 0.05) is 23.7 Å². The minimum Gasteiger partial charge on any atom is -0.508 e. The third-order valence-corrected chi connectivity index (χ3v) is 3.23. The molecule has 1 atom stereocenters. The monoisotopic (exact) mass is 270 g/mol. The smallest absolute Gasteiger partial charge is 0.248 e. The predicted molar refractivity (Wildman–Crippen MR) is 78.3 cm³/mol. The molecule has 0 bridgehead atoms. The Bertz CT molecular complexity index is 611. The molecule has 0 fully saturated rings. The Hall–Kier alpha value is -2.33. The zero-order valence-electron chi connectivity index (χ0n) is 11.3. The Balaban J connectivity index is 2.04. The number of hydrogen-bond acceptors (Lipinski definition) is 3. The number of carbonyl (C=O) groups excluding carboxylic acids is 1. The summed E-state index contributed by atoms with van der Waals surface area (Å²) in [5, 5.41) is 13.1. The summed E-state index contributed by atoms with van der Waals surface area (Å²) in [6.07, 6.45) is 0. The minimum absolute atomic E-state index is 0.00781. The number of amides is 1. The van der Waals surface area contributed by atoms with Crippen LogP contribution < -0.4 is 11.1 Å². The highest BCUT2D eigenvalue weighted by atomic mass is 16.3. The van der Waals surface area contributed by atoms with Gasteiger partial charge in [-0.2, -0.15) is 0 Å². The van der Waals surface area contributed by atoms with Crippen molar-refractivity contribution in [2.75, 3.05) is 0 Å². The van der Waals surface area contributed by atoms with Gasteiger partial charge in [-0.1, -0.05) is 30.3 Å². The Morgan fingerprint density at radius 2 is 2.00 bits per heavy atom. The van der Waals surface area contributed by atoms with Gasteiger partial charge >= 0.3 is 0 Å². The van der Waals surface area contributed by atoms with E-state index in [4.69, 9.17) is 5.73 Å². The van der Waals surface area contributed by atoms with Crippen LogP contribution in [0.3, 0.4) is 0 Å². The van der Waals surface area contributed by atoms with Crippen LogP contribution in [0.5, 0.6) is 5.75 Å². The number of phenols is 1. The lowest BCUT2D eigenvalue weighted by Crippen LogP contribution is -2.19. The number of phenolic OH excluding ortho intramolecular Hbond substituents is 1. The van der Waals surface area contributed by atoms with Crippen molar-refractivity contribution in [3.63, 3.8) is 0 Å². The topological polar surface area (TPSA) is 75.3 Å². The molecule has 2 aromatic carbocycles. The van der Waals surface area contributed by atoms with Crippen LogP contribution in [0.25, 0.3) is 0 Å². The molecule has 0 aliphatic rings. The number of primary amides is 1.